The number of rotatable bonds is 16. The van der Waals surface area contributed by atoms with Crippen LogP contribution < -0.4 is 9.47 Å². The maximum absolute atomic E-state index is 13.2. The van der Waals surface area contributed by atoms with Gasteiger partial charge in [0.1, 0.15) is 29.3 Å². The van der Waals surface area contributed by atoms with E-state index in [-0.39, 0.29) is 17.4 Å². The lowest BCUT2D eigenvalue weighted by molar-refractivity contribution is -0.155. The molecule has 12 heteroatoms. The Hall–Kier alpha value is -5.00. The van der Waals surface area contributed by atoms with Gasteiger partial charge in [0.2, 0.25) is 0 Å². The Bertz CT molecular complexity index is 1510. The Morgan fingerprint density at radius 3 is 1.20 bits per heavy atom. The Morgan fingerprint density at radius 2 is 0.889 bits per heavy atom. The van der Waals surface area contributed by atoms with E-state index >= 15 is 0 Å². The van der Waals surface area contributed by atoms with Gasteiger partial charge in [0.25, 0.3) is 0 Å². The van der Waals surface area contributed by atoms with Crippen LogP contribution in [0.2, 0.25) is 0 Å². The minimum Gasteiger partial charge on any atom is -0.462 e. The summed E-state index contributed by atoms with van der Waals surface area (Å²) >= 11 is 0. The lowest BCUT2D eigenvalue weighted by atomic mass is 9.87. The Balaban J connectivity index is 1.17. The van der Waals surface area contributed by atoms with Crippen molar-refractivity contribution in [3.05, 3.63) is 70.8 Å². The number of hydrogen-bond donors (Lipinski definition) is 0. The molecule has 0 saturated heterocycles. The number of allylic oxidation sites excluding steroid dienone is 1. The fraction of sp³-hybridized carbons (Fsp3) is 0.524. The summed E-state index contributed by atoms with van der Waals surface area (Å²) in [6.45, 7) is 8.01. The Kier molecular flexibility index (Phi) is 16.3. The van der Waals surface area contributed by atoms with E-state index in [0.717, 1.165) is 25.7 Å². The Morgan fingerprint density at radius 1 is 0.537 bits per heavy atom. The molecule has 292 valence electrons. The van der Waals surface area contributed by atoms with Gasteiger partial charge in [-0.15, -0.1) is 0 Å². The molecule has 2 saturated carbocycles. The van der Waals surface area contributed by atoms with E-state index in [9.17, 15) is 28.8 Å². The molecule has 2 fully saturated rings. The molecule has 2 aliphatic rings. The van der Waals surface area contributed by atoms with Gasteiger partial charge in [0.05, 0.1) is 36.2 Å². The first-order chi connectivity index (χ1) is 26.0. The first-order valence-electron chi connectivity index (χ1n) is 19.1. The predicted molar refractivity (Wildman–Crippen MR) is 197 cm³/mol. The van der Waals surface area contributed by atoms with Crippen molar-refractivity contribution in [3.63, 3.8) is 0 Å². The standard InChI is InChI=1S/C42H52O12/c1-5-7-25-49-37(43)28-9-17-32(18-10-28)51-39(45)30-13-21-34(22-14-30)53-41(47)36(27(3)4)42(48)54-35-23-15-31(16-24-35)40(46)52-33-19-11-29(12-20-33)38(44)50-26-8-6-2/h9-12,17-20,30-31,34-35H,5-8,13-16,21-26H2,1-4H3. The zero-order chi connectivity index (χ0) is 39.0. The zero-order valence-corrected chi connectivity index (χ0v) is 31.7. The molecule has 2 aromatic rings. The maximum Gasteiger partial charge on any atom is 0.345 e. The molecule has 0 unspecified atom stereocenters. The van der Waals surface area contributed by atoms with Crippen molar-refractivity contribution < 1.29 is 57.2 Å². The third kappa shape index (κ3) is 12.6. The number of hydrogen-bond acceptors (Lipinski definition) is 12. The van der Waals surface area contributed by atoms with Gasteiger partial charge in [-0.2, -0.15) is 0 Å². The van der Waals surface area contributed by atoms with Crippen LogP contribution in [-0.4, -0.2) is 61.2 Å². The van der Waals surface area contributed by atoms with Crippen molar-refractivity contribution in [1.82, 2.24) is 0 Å². The second kappa shape index (κ2) is 21.0. The van der Waals surface area contributed by atoms with Crippen molar-refractivity contribution >= 4 is 35.8 Å². The van der Waals surface area contributed by atoms with Crippen LogP contribution in [0.5, 0.6) is 11.5 Å². The second-order valence-corrected chi connectivity index (χ2v) is 14.0. The van der Waals surface area contributed by atoms with E-state index in [2.05, 4.69) is 0 Å². The summed E-state index contributed by atoms with van der Waals surface area (Å²) < 4.78 is 32.9. The summed E-state index contributed by atoms with van der Waals surface area (Å²) in [4.78, 5) is 76.3. The molecular weight excluding hydrogens is 696 g/mol. The molecule has 12 nitrogen and oxygen atoms in total. The molecule has 0 atom stereocenters. The lowest BCUT2D eigenvalue weighted by Crippen LogP contribution is -2.33. The molecule has 2 aromatic carbocycles. The minimum atomic E-state index is -0.767. The van der Waals surface area contributed by atoms with Crippen LogP contribution in [0.1, 0.15) is 125 Å². The summed E-state index contributed by atoms with van der Waals surface area (Å²) in [6.07, 6.45) is 5.94. The van der Waals surface area contributed by atoms with Gasteiger partial charge < -0.3 is 28.4 Å². The molecule has 0 radical (unpaired) electrons. The van der Waals surface area contributed by atoms with Gasteiger partial charge in [-0.05, 0) is 127 Å². The highest BCUT2D eigenvalue weighted by Crippen LogP contribution is 2.31. The molecule has 0 heterocycles. The van der Waals surface area contributed by atoms with Crippen LogP contribution in [0.3, 0.4) is 0 Å². The first-order valence-corrected chi connectivity index (χ1v) is 19.1. The second-order valence-electron chi connectivity index (χ2n) is 14.0. The van der Waals surface area contributed by atoms with Gasteiger partial charge >= 0.3 is 35.8 Å². The fourth-order valence-electron chi connectivity index (χ4n) is 6.25. The van der Waals surface area contributed by atoms with Crippen LogP contribution in [-0.2, 0) is 38.1 Å². The summed E-state index contributed by atoms with van der Waals surface area (Å²) in [6, 6.07) is 12.4. The number of benzene rings is 2. The van der Waals surface area contributed by atoms with Gasteiger partial charge in [-0.25, -0.2) is 19.2 Å². The normalized spacial score (nSPS) is 19.4. The average molecular weight is 749 g/mol. The van der Waals surface area contributed by atoms with Crippen molar-refractivity contribution in [2.75, 3.05) is 13.2 Å². The highest BCUT2D eigenvalue weighted by molar-refractivity contribution is 6.14. The first kappa shape index (κ1) is 41.8. The van der Waals surface area contributed by atoms with E-state index in [1.165, 1.54) is 0 Å². The average Bonchev–Trinajstić information content (AvgIpc) is 3.16. The number of esters is 6. The maximum atomic E-state index is 13.2. The van der Waals surface area contributed by atoms with E-state index in [1.54, 1.807) is 62.4 Å². The monoisotopic (exact) mass is 748 g/mol. The topological polar surface area (TPSA) is 158 Å². The molecule has 54 heavy (non-hydrogen) atoms. The van der Waals surface area contributed by atoms with Crippen molar-refractivity contribution in [3.8, 4) is 11.5 Å². The third-order valence-corrected chi connectivity index (χ3v) is 9.55. The molecule has 0 N–H and O–H groups in total. The quantitative estimate of drug-likeness (QED) is 0.0315. The smallest absolute Gasteiger partial charge is 0.345 e. The highest BCUT2D eigenvalue weighted by atomic mass is 16.6. The van der Waals surface area contributed by atoms with Gasteiger partial charge in [0, 0.05) is 0 Å². The summed E-state index contributed by atoms with van der Waals surface area (Å²) in [5.74, 6) is -3.30. The molecular formula is C42H52O12. The number of carbonyl (C=O) groups excluding carboxylic acids is 6. The molecule has 0 aromatic heterocycles. The molecule has 2 aliphatic carbocycles. The van der Waals surface area contributed by atoms with Gasteiger partial charge in [-0.3, -0.25) is 9.59 Å². The summed E-state index contributed by atoms with van der Waals surface area (Å²) in [7, 11) is 0. The minimum absolute atomic E-state index is 0.159. The summed E-state index contributed by atoms with van der Waals surface area (Å²) in [5, 5.41) is 0. The summed E-state index contributed by atoms with van der Waals surface area (Å²) in [5.41, 5.74) is 1.05. The van der Waals surface area contributed by atoms with Crippen LogP contribution in [0, 0.1) is 11.8 Å². The van der Waals surface area contributed by atoms with Crippen LogP contribution >= 0.6 is 0 Å². The third-order valence-electron chi connectivity index (χ3n) is 9.55. The van der Waals surface area contributed by atoms with E-state index < -0.39 is 48.0 Å². The molecule has 4 rings (SSSR count). The fourth-order valence-corrected chi connectivity index (χ4v) is 6.25. The van der Waals surface area contributed by atoms with Crippen molar-refractivity contribution in [1.29, 1.82) is 0 Å². The molecule has 0 aliphatic heterocycles. The lowest BCUT2D eigenvalue weighted by Gasteiger charge is -2.28. The number of ether oxygens (including phenoxy) is 6. The molecule has 0 bridgehead atoms. The van der Waals surface area contributed by atoms with Crippen molar-refractivity contribution in [2.45, 2.75) is 117 Å². The SMILES string of the molecule is CCCCOC(=O)c1ccc(OC(=O)C2CCC(OC(=O)C(C(=O)OC3CCC(C(=O)Oc4ccc(C(=O)OCCCC)cc4)CC3)=C(C)C)CC2)cc1. The van der Waals surface area contributed by atoms with E-state index in [0.29, 0.717) is 92.8 Å². The molecule has 0 amide bonds. The molecule has 0 spiro atoms. The number of unbranched alkanes of at least 4 members (excludes halogenated alkanes) is 2. The van der Waals surface area contributed by atoms with Gasteiger partial charge in [-0.1, -0.05) is 32.3 Å². The van der Waals surface area contributed by atoms with E-state index in [4.69, 9.17) is 28.4 Å². The van der Waals surface area contributed by atoms with Gasteiger partial charge in [0.15, 0.2) is 0 Å². The zero-order valence-electron chi connectivity index (χ0n) is 31.7. The number of carbonyl (C=O) groups is 6. The Labute approximate surface area is 316 Å². The van der Waals surface area contributed by atoms with Crippen LogP contribution in [0.25, 0.3) is 0 Å². The largest absolute Gasteiger partial charge is 0.462 e. The van der Waals surface area contributed by atoms with Crippen LogP contribution in [0.4, 0.5) is 0 Å². The van der Waals surface area contributed by atoms with Crippen LogP contribution in [0.15, 0.2) is 59.7 Å². The predicted octanol–water partition coefficient (Wildman–Crippen LogP) is 7.65. The van der Waals surface area contributed by atoms with Crippen molar-refractivity contribution in [2.24, 2.45) is 11.8 Å². The highest BCUT2D eigenvalue weighted by Gasteiger charge is 2.34. The van der Waals surface area contributed by atoms with E-state index in [1.807, 2.05) is 13.8 Å².